The third-order valence-corrected chi connectivity index (χ3v) is 4.19. The second-order valence-electron chi connectivity index (χ2n) is 5.38. The Morgan fingerprint density at radius 3 is 2.58 bits per heavy atom. The molecule has 6 nitrogen and oxygen atoms in total. The molecule has 0 aliphatic carbocycles. The predicted molar refractivity (Wildman–Crippen MR) is 97.9 cm³/mol. The minimum atomic E-state index is -0.527. The molecule has 0 atom stereocenters. The highest BCUT2D eigenvalue weighted by atomic mass is 79.9. The van der Waals surface area contributed by atoms with Gasteiger partial charge < -0.3 is 9.47 Å². The molecule has 0 unspecified atom stereocenters. The number of hydrogen-bond acceptors (Lipinski definition) is 5. The minimum absolute atomic E-state index is 0.00224. The Balaban J connectivity index is 2.46. The van der Waals surface area contributed by atoms with Crippen LogP contribution in [0.5, 0.6) is 11.5 Å². The van der Waals surface area contributed by atoms with E-state index in [0.29, 0.717) is 21.5 Å². The van der Waals surface area contributed by atoms with Gasteiger partial charge in [0.1, 0.15) is 5.57 Å². The number of ether oxygens (including phenoxy) is 2. The normalized spacial score (nSPS) is 16.7. The molecule has 0 spiro atoms. The molecule has 1 saturated heterocycles. The summed E-state index contributed by atoms with van der Waals surface area (Å²) >= 11 is 8.35. The third kappa shape index (κ3) is 3.76. The van der Waals surface area contributed by atoms with E-state index in [1.54, 1.807) is 12.1 Å². The molecule has 128 valence electrons. The van der Waals surface area contributed by atoms with E-state index in [1.807, 2.05) is 13.8 Å². The summed E-state index contributed by atoms with van der Waals surface area (Å²) in [5.74, 6) is 0.0758. The monoisotopic (exact) mass is 412 g/mol. The van der Waals surface area contributed by atoms with Crippen LogP contribution in [0.4, 0.5) is 0 Å². The zero-order valence-corrected chi connectivity index (χ0v) is 16.1. The van der Waals surface area contributed by atoms with Crippen LogP contribution in [0.25, 0.3) is 6.08 Å². The summed E-state index contributed by atoms with van der Waals surface area (Å²) in [5, 5.41) is 2.56. The summed E-state index contributed by atoms with van der Waals surface area (Å²) in [6.45, 7) is 3.82. The number of likely N-dealkylation sites (N-methyl/N-ethyl adjacent to an activating group) is 1. The Bertz CT molecular complexity index is 746. The molecule has 24 heavy (non-hydrogen) atoms. The number of halogens is 1. The molecule has 1 fully saturated rings. The number of thiocarbonyl (C=S) groups is 1. The van der Waals surface area contributed by atoms with Gasteiger partial charge in [-0.25, -0.2) is 0 Å². The van der Waals surface area contributed by atoms with Crippen molar-refractivity contribution in [2.24, 2.45) is 0 Å². The Morgan fingerprint density at radius 2 is 2.00 bits per heavy atom. The van der Waals surface area contributed by atoms with Crippen LogP contribution in [-0.4, -0.2) is 42.1 Å². The maximum Gasteiger partial charge on any atom is 0.265 e. The van der Waals surface area contributed by atoms with Crippen LogP contribution in [0.1, 0.15) is 19.4 Å². The van der Waals surface area contributed by atoms with Crippen LogP contribution in [0, 0.1) is 0 Å². The maximum absolute atomic E-state index is 12.2. The summed E-state index contributed by atoms with van der Waals surface area (Å²) in [7, 11) is 3.03. The first-order valence-corrected chi connectivity index (χ1v) is 8.34. The summed E-state index contributed by atoms with van der Waals surface area (Å²) < 4.78 is 11.7. The number of nitrogens with zero attached hydrogens (tertiary/aromatic N) is 1. The molecule has 1 aliphatic heterocycles. The second-order valence-corrected chi connectivity index (χ2v) is 6.62. The number of hydrogen-bond donors (Lipinski definition) is 1. The van der Waals surface area contributed by atoms with Gasteiger partial charge >= 0.3 is 0 Å². The van der Waals surface area contributed by atoms with Crippen molar-refractivity contribution in [1.82, 2.24) is 10.2 Å². The average molecular weight is 413 g/mol. The second kappa shape index (κ2) is 7.31. The van der Waals surface area contributed by atoms with Crippen LogP contribution < -0.4 is 14.8 Å². The van der Waals surface area contributed by atoms with Gasteiger partial charge in [-0.3, -0.25) is 19.8 Å². The van der Waals surface area contributed by atoms with E-state index in [4.69, 9.17) is 21.7 Å². The van der Waals surface area contributed by atoms with E-state index < -0.39 is 11.8 Å². The van der Waals surface area contributed by atoms with Crippen LogP contribution in [-0.2, 0) is 9.59 Å². The van der Waals surface area contributed by atoms with Crippen molar-refractivity contribution in [3.63, 3.8) is 0 Å². The van der Waals surface area contributed by atoms with Crippen molar-refractivity contribution in [1.29, 1.82) is 0 Å². The number of carbonyl (C=O) groups excluding carboxylic acids is 2. The van der Waals surface area contributed by atoms with E-state index >= 15 is 0 Å². The van der Waals surface area contributed by atoms with Gasteiger partial charge in [0.25, 0.3) is 11.8 Å². The standard InChI is InChI=1S/C16H17BrN2O4S/c1-8(2)23-13-11(17)6-9(7-12(13)22-4)5-10-14(20)18-16(24)19(3)15(10)21/h5-8H,1-4H3,(H,18,20,24). The van der Waals surface area contributed by atoms with Gasteiger partial charge in [-0.05, 0) is 65.8 Å². The molecule has 1 N–H and O–H groups in total. The number of amides is 2. The SMILES string of the molecule is COc1cc(C=C2C(=O)NC(=S)N(C)C2=O)cc(Br)c1OC(C)C. The van der Waals surface area contributed by atoms with Crippen LogP contribution in [0.3, 0.4) is 0 Å². The maximum atomic E-state index is 12.2. The van der Waals surface area contributed by atoms with Crippen molar-refractivity contribution in [3.05, 3.63) is 27.7 Å². The fraction of sp³-hybridized carbons (Fsp3) is 0.312. The van der Waals surface area contributed by atoms with E-state index in [1.165, 1.54) is 25.1 Å². The fourth-order valence-electron chi connectivity index (χ4n) is 2.09. The molecule has 1 aromatic rings. The molecule has 0 radical (unpaired) electrons. The minimum Gasteiger partial charge on any atom is -0.493 e. The van der Waals surface area contributed by atoms with Gasteiger partial charge in [-0.1, -0.05) is 0 Å². The molecule has 0 aromatic heterocycles. The summed E-state index contributed by atoms with van der Waals surface area (Å²) in [6, 6.07) is 3.45. The fourth-order valence-corrected chi connectivity index (χ4v) is 2.81. The Morgan fingerprint density at radius 1 is 1.33 bits per heavy atom. The van der Waals surface area contributed by atoms with Crippen molar-refractivity contribution < 1.29 is 19.1 Å². The van der Waals surface area contributed by atoms with Crippen molar-refractivity contribution in [2.75, 3.05) is 14.2 Å². The molecule has 0 bridgehead atoms. The zero-order chi connectivity index (χ0) is 18.0. The van der Waals surface area contributed by atoms with Crippen molar-refractivity contribution in [3.8, 4) is 11.5 Å². The quantitative estimate of drug-likeness (QED) is 0.467. The lowest BCUT2D eigenvalue weighted by Gasteiger charge is -2.25. The largest absolute Gasteiger partial charge is 0.493 e. The van der Waals surface area contributed by atoms with Gasteiger partial charge in [-0.2, -0.15) is 0 Å². The summed E-state index contributed by atoms with van der Waals surface area (Å²) in [4.78, 5) is 25.5. The Hall–Kier alpha value is -1.93. The first-order chi connectivity index (χ1) is 11.2. The van der Waals surface area contributed by atoms with Gasteiger partial charge in [0.2, 0.25) is 0 Å². The number of methoxy groups -OCH3 is 1. The summed E-state index contributed by atoms with van der Waals surface area (Å²) in [5.41, 5.74) is 0.618. The van der Waals surface area contributed by atoms with E-state index in [0.717, 1.165) is 0 Å². The molecule has 0 saturated carbocycles. The smallest absolute Gasteiger partial charge is 0.265 e. The number of nitrogens with one attached hydrogen (secondary N) is 1. The number of benzene rings is 1. The molecule has 1 heterocycles. The molecule has 2 rings (SSSR count). The van der Waals surface area contributed by atoms with Gasteiger partial charge in [-0.15, -0.1) is 0 Å². The summed E-state index contributed by atoms with van der Waals surface area (Å²) in [6.07, 6.45) is 1.46. The van der Waals surface area contributed by atoms with E-state index in [2.05, 4.69) is 21.2 Å². The third-order valence-electron chi connectivity index (χ3n) is 3.22. The van der Waals surface area contributed by atoms with Gasteiger partial charge in [0, 0.05) is 7.05 Å². The van der Waals surface area contributed by atoms with Gasteiger partial charge in [0.05, 0.1) is 17.7 Å². The molecular formula is C16H17BrN2O4S. The molecule has 2 amide bonds. The van der Waals surface area contributed by atoms with Crippen LogP contribution >= 0.6 is 28.1 Å². The van der Waals surface area contributed by atoms with Crippen molar-refractivity contribution >= 4 is 51.2 Å². The van der Waals surface area contributed by atoms with E-state index in [-0.39, 0.29) is 16.8 Å². The molecule has 8 heteroatoms. The van der Waals surface area contributed by atoms with Crippen molar-refractivity contribution in [2.45, 2.75) is 20.0 Å². The average Bonchev–Trinajstić information content (AvgIpc) is 2.51. The number of carbonyl (C=O) groups is 2. The highest BCUT2D eigenvalue weighted by molar-refractivity contribution is 9.10. The van der Waals surface area contributed by atoms with Crippen LogP contribution in [0.15, 0.2) is 22.2 Å². The molecule has 1 aromatic carbocycles. The zero-order valence-electron chi connectivity index (χ0n) is 13.7. The van der Waals surface area contributed by atoms with Crippen LogP contribution in [0.2, 0.25) is 0 Å². The topological polar surface area (TPSA) is 67.9 Å². The predicted octanol–water partition coefficient (Wildman–Crippen LogP) is 2.50. The molecule has 1 aliphatic rings. The lowest BCUT2D eigenvalue weighted by atomic mass is 10.1. The highest BCUT2D eigenvalue weighted by Crippen LogP contribution is 2.38. The van der Waals surface area contributed by atoms with E-state index in [9.17, 15) is 9.59 Å². The van der Waals surface area contributed by atoms with Gasteiger partial charge in [0.15, 0.2) is 16.6 Å². The Labute approximate surface area is 153 Å². The first-order valence-electron chi connectivity index (χ1n) is 7.13. The lowest BCUT2D eigenvalue weighted by Crippen LogP contribution is -2.52. The first kappa shape index (κ1) is 18.4. The lowest BCUT2D eigenvalue weighted by molar-refractivity contribution is -0.128. The highest BCUT2D eigenvalue weighted by Gasteiger charge is 2.30. The Kier molecular flexibility index (Phi) is 5.61. The molecular weight excluding hydrogens is 396 g/mol. The number of rotatable bonds is 4.